The van der Waals surface area contributed by atoms with Gasteiger partial charge in [-0.15, -0.1) is 0 Å². The molecular weight excluding hydrogens is 206 g/mol. The minimum absolute atomic E-state index is 0.107. The highest BCUT2D eigenvalue weighted by Crippen LogP contribution is 2.21. The fourth-order valence-electron chi connectivity index (χ4n) is 2.54. The highest BCUT2D eigenvalue weighted by Gasteiger charge is 2.36. The Morgan fingerprint density at radius 1 is 1.50 bits per heavy atom. The average molecular weight is 227 g/mol. The standard InChI is InChI=1S/C11H21N3O2/c1-2-13-5-3-4-9(7-13)14-8-10(6-12)16-11(14)15/h9-10H,2-8,12H2,1H3/t9?,10-/m0/s1. The Hall–Kier alpha value is -0.810. The molecule has 2 rings (SSSR count). The van der Waals surface area contributed by atoms with E-state index in [1.165, 1.54) is 0 Å². The summed E-state index contributed by atoms with van der Waals surface area (Å²) in [6.07, 6.45) is 1.96. The maximum absolute atomic E-state index is 11.7. The zero-order valence-electron chi connectivity index (χ0n) is 9.89. The van der Waals surface area contributed by atoms with Crippen molar-refractivity contribution in [2.45, 2.75) is 31.9 Å². The normalized spacial score (nSPS) is 31.9. The summed E-state index contributed by atoms with van der Waals surface area (Å²) >= 11 is 0. The fraction of sp³-hybridized carbons (Fsp3) is 0.909. The molecule has 5 nitrogen and oxygen atoms in total. The third-order valence-corrected chi connectivity index (χ3v) is 3.53. The molecule has 0 bridgehead atoms. The second-order valence-corrected chi connectivity index (χ2v) is 4.58. The van der Waals surface area contributed by atoms with Crippen molar-refractivity contribution in [2.24, 2.45) is 5.73 Å². The van der Waals surface area contributed by atoms with Gasteiger partial charge in [0, 0.05) is 19.1 Å². The van der Waals surface area contributed by atoms with Gasteiger partial charge in [0.2, 0.25) is 0 Å². The van der Waals surface area contributed by atoms with Gasteiger partial charge in [-0.3, -0.25) is 0 Å². The lowest BCUT2D eigenvalue weighted by Gasteiger charge is -2.35. The number of carbonyl (C=O) groups is 1. The van der Waals surface area contributed by atoms with Crippen molar-refractivity contribution in [3.63, 3.8) is 0 Å². The lowest BCUT2D eigenvalue weighted by Crippen LogP contribution is -2.48. The quantitative estimate of drug-likeness (QED) is 0.751. The van der Waals surface area contributed by atoms with Crippen LogP contribution in [0.3, 0.4) is 0 Å². The summed E-state index contributed by atoms with van der Waals surface area (Å²) in [5.41, 5.74) is 5.53. The van der Waals surface area contributed by atoms with Crippen LogP contribution in [-0.4, -0.2) is 60.8 Å². The first-order valence-corrected chi connectivity index (χ1v) is 6.14. The number of hydrogen-bond acceptors (Lipinski definition) is 4. The number of likely N-dealkylation sites (N-methyl/N-ethyl adjacent to an activating group) is 1. The van der Waals surface area contributed by atoms with Crippen molar-refractivity contribution in [1.82, 2.24) is 9.80 Å². The number of likely N-dealkylation sites (tertiary alicyclic amines) is 1. The van der Waals surface area contributed by atoms with E-state index in [-0.39, 0.29) is 12.2 Å². The Bertz CT molecular complexity index is 260. The van der Waals surface area contributed by atoms with E-state index < -0.39 is 0 Å². The molecule has 1 unspecified atom stereocenters. The van der Waals surface area contributed by atoms with Crippen LogP contribution in [0, 0.1) is 0 Å². The zero-order chi connectivity index (χ0) is 11.5. The van der Waals surface area contributed by atoms with Gasteiger partial charge in [-0.25, -0.2) is 4.79 Å². The topological polar surface area (TPSA) is 58.8 Å². The molecule has 2 aliphatic rings. The Labute approximate surface area is 96.5 Å². The minimum Gasteiger partial charge on any atom is -0.443 e. The second kappa shape index (κ2) is 5.01. The van der Waals surface area contributed by atoms with Gasteiger partial charge in [-0.1, -0.05) is 6.92 Å². The van der Waals surface area contributed by atoms with E-state index in [1.807, 2.05) is 4.90 Å². The Morgan fingerprint density at radius 2 is 2.31 bits per heavy atom. The van der Waals surface area contributed by atoms with Crippen molar-refractivity contribution in [3.05, 3.63) is 0 Å². The zero-order valence-corrected chi connectivity index (χ0v) is 9.89. The van der Waals surface area contributed by atoms with E-state index in [1.54, 1.807) is 0 Å². The fourth-order valence-corrected chi connectivity index (χ4v) is 2.54. The molecule has 2 saturated heterocycles. The maximum Gasteiger partial charge on any atom is 0.410 e. The molecule has 92 valence electrons. The van der Waals surface area contributed by atoms with Gasteiger partial charge in [-0.05, 0) is 25.9 Å². The third-order valence-electron chi connectivity index (χ3n) is 3.53. The third kappa shape index (κ3) is 2.30. The van der Waals surface area contributed by atoms with Crippen LogP contribution < -0.4 is 5.73 Å². The van der Waals surface area contributed by atoms with Crippen LogP contribution in [0.1, 0.15) is 19.8 Å². The van der Waals surface area contributed by atoms with Crippen LogP contribution in [-0.2, 0) is 4.74 Å². The van der Waals surface area contributed by atoms with Crippen molar-refractivity contribution >= 4 is 6.09 Å². The summed E-state index contributed by atoms with van der Waals surface area (Å²) in [5.74, 6) is 0. The number of ether oxygens (including phenoxy) is 1. The summed E-state index contributed by atoms with van der Waals surface area (Å²) in [6.45, 7) is 6.43. The first kappa shape index (κ1) is 11.7. The lowest BCUT2D eigenvalue weighted by molar-refractivity contribution is 0.109. The Morgan fingerprint density at radius 3 is 2.94 bits per heavy atom. The van der Waals surface area contributed by atoms with Crippen LogP contribution in [0.2, 0.25) is 0 Å². The molecule has 0 radical (unpaired) electrons. The van der Waals surface area contributed by atoms with E-state index in [2.05, 4.69) is 11.8 Å². The van der Waals surface area contributed by atoms with Gasteiger partial charge in [0.25, 0.3) is 0 Å². The average Bonchev–Trinajstić information content (AvgIpc) is 2.71. The molecule has 2 aliphatic heterocycles. The van der Waals surface area contributed by atoms with Gasteiger partial charge >= 0.3 is 6.09 Å². The van der Waals surface area contributed by atoms with Crippen LogP contribution in [0.5, 0.6) is 0 Å². The number of nitrogens with zero attached hydrogens (tertiary/aromatic N) is 2. The van der Waals surface area contributed by atoms with Crippen LogP contribution >= 0.6 is 0 Å². The summed E-state index contributed by atoms with van der Waals surface area (Å²) in [6, 6.07) is 0.317. The van der Waals surface area contributed by atoms with Crippen molar-refractivity contribution < 1.29 is 9.53 Å². The van der Waals surface area contributed by atoms with E-state index in [9.17, 15) is 4.79 Å². The molecule has 1 amide bonds. The van der Waals surface area contributed by atoms with Gasteiger partial charge in [0.15, 0.2) is 0 Å². The molecule has 5 heteroatoms. The number of nitrogens with two attached hydrogens (primary N) is 1. The molecule has 0 aromatic carbocycles. The number of amides is 1. The van der Waals surface area contributed by atoms with Crippen LogP contribution in [0.4, 0.5) is 4.79 Å². The first-order valence-electron chi connectivity index (χ1n) is 6.14. The highest BCUT2D eigenvalue weighted by atomic mass is 16.6. The largest absolute Gasteiger partial charge is 0.443 e. The van der Waals surface area contributed by atoms with Crippen molar-refractivity contribution in [1.29, 1.82) is 0 Å². The predicted octanol–water partition coefficient (Wildman–Crippen LogP) is 0.250. The summed E-state index contributed by atoms with van der Waals surface area (Å²) in [5, 5.41) is 0. The first-order chi connectivity index (χ1) is 7.74. The molecular formula is C11H21N3O2. The van der Waals surface area contributed by atoms with Gasteiger partial charge in [0.1, 0.15) is 6.10 Å². The second-order valence-electron chi connectivity index (χ2n) is 4.58. The van der Waals surface area contributed by atoms with Gasteiger partial charge < -0.3 is 20.3 Å². The van der Waals surface area contributed by atoms with E-state index in [0.29, 0.717) is 19.1 Å². The van der Waals surface area contributed by atoms with Gasteiger partial charge in [-0.2, -0.15) is 0 Å². The van der Waals surface area contributed by atoms with Crippen molar-refractivity contribution in [3.8, 4) is 0 Å². The Kier molecular flexibility index (Phi) is 3.66. The highest BCUT2D eigenvalue weighted by molar-refractivity contribution is 5.70. The molecule has 0 spiro atoms. The number of hydrogen-bond donors (Lipinski definition) is 1. The molecule has 0 aliphatic carbocycles. The minimum atomic E-state index is -0.182. The molecule has 2 atom stereocenters. The van der Waals surface area contributed by atoms with E-state index >= 15 is 0 Å². The number of cyclic esters (lactones) is 1. The number of carbonyl (C=O) groups excluding carboxylic acids is 1. The molecule has 2 N–H and O–H groups in total. The van der Waals surface area contributed by atoms with Gasteiger partial charge in [0.05, 0.1) is 6.54 Å². The van der Waals surface area contributed by atoms with Crippen LogP contribution in [0.15, 0.2) is 0 Å². The molecule has 16 heavy (non-hydrogen) atoms. The van der Waals surface area contributed by atoms with E-state index in [4.69, 9.17) is 10.5 Å². The van der Waals surface area contributed by atoms with Crippen LogP contribution in [0.25, 0.3) is 0 Å². The predicted molar refractivity (Wildman–Crippen MR) is 61.2 cm³/mol. The summed E-state index contributed by atoms with van der Waals surface area (Å²) in [7, 11) is 0. The molecule has 0 aromatic heterocycles. The monoisotopic (exact) mass is 227 g/mol. The lowest BCUT2D eigenvalue weighted by atomic mass is 10.0. The molecule has 0 aromatic rings. The number of rotatable bonds is 3. The summed E-state index contributed by atoms with van der Waals surface area (Å²) in [4.78, 5) is 15.9. The SMILES string of the molecule is CCN1CCCC(N2C[C@H](CN)OC2=O)C1. The molecule has 2 heterocycles. The Balaban J connectivity index is 1.94. The maximum atomic E-state index is 11.7. The summed E-state index contributed by atoms with van der Waals surface area (Å²) < 4.78 is 5.19. The molecule has 0 saturated carbocycles. The van der Waals surface area contributed by atoms with E-state index in [0.717, 1.165) is 32.5 Å². The molecule has 2 fully saturated rings. The van der Waals surface area contributed by atoms with Crippen molar-refractivity contribution in [2.75, 3.05) is 32.7 Å². The number of piperidine rings is 1. The smallest absolute Gasteiger partial charge is 0.410 e.